The molecule has 0 saturated carbocycles. The quantitative estimate of drug-likeness (QED) is 0.650. The number of hydrogen-bond donors (Lipinski definition) is 1. The van der Waals surface area contributed by atoms with E-state index in [1.54, 1.807) is 41.2 Å². The first-order chi connectivity index (χ1) is 8.09. The van der Waals surface area contributed by atoms with Gasteiger partial charge >= 0.3 is 0 Å². The van der Waals surface area contributed by atoms with Crippen LogP contribution >= 0.6 is 0 Å². The van der Waals surface area contributed by atoms with E-state index in [0.29, 0.717) is 11.1 Å². The van der Waals surface area contributed by atoms with E-state index >= 15 is 0 Å². The molecule has 1 aromatic carbocycles. The van der Waals surface area contributed by atoms with E-state index in [-0.39, 0.29) is 5.69 Å². The van der Waals surface area contributed by atoms with Gasteiger partial charge in [-0.05, 0) is 12.1 Å². The van der Waals surface area contributed by atoms with Gasteiger partial charge in [0.1, 0.15) is 6.10 Å². The molecule has 0 saturated heterocycles. The third-order valence-electron chi connectivity index (χ3n) is 2.60. The van der Waals surface area contributed by atoms with Crippen molar-refractivity contribution >= 4 is 5.69 Å². The van der Waals surface area contributed by atoms with E-state index in [0.717, 1.165) is 0 Å². The lowest BCUT2D eigenvalue weighted by Gasteiger charge is -2.09. The second-order valence-electron chi connectivity index (χ2n) is 3.83. The zero-order valence-corrected chi connectivity index (χ0v) is 9.28. The summed E-state index contributed by atoms with van der Waals surface area (Å²) in [6.45, 7) is 0. The average Bonchev–Trinajstić information content (AvgIpc) is 2.75. The highest BCUT2D eigenvalue weighted by Crippen LogP contribution is 2.29. The fourth-order valence-corrected chi connectivity index (χ4v) is 1.75. The minimum atomic E-state index is -0.974. The summed E-state index contributed by atoms with van der Waals surface area (Å²) in [5, 5.41) is 21.0. The van der Waals surface area contributed by atoms with Gasteiger partial charge in [0.25, 0.3) is 5.69 Å². The average molecular weight is 232 g/mol. The van der Waals surface area contributed by atoms with Crippen LogP contribution in [0, 0.1) is 10.1 Å². The van der Waals surface area contributed by atoms with E-state index in [1.165, 1.54) is 6.07 Å². The van der Waals surface area contributed by atoms with Crippen LogP contribution in [-0.4, -0.2) is 14.6 Å². The number of hydrogen-bond acceptors (Lipinski definition) is 3. The molecule has 0 fully saturated rings. The second-order valence-corrected chi connectivity index (χ2v) is 3.83. The normalized spacial score (nSPS) is 12.4. The van der Waals surface area contributed by atoms with Gasteiger partial charge in [0, 0.05) is 31.1 Å². The Balaban J connectivity index is 2.43. The molecule has 0 spiro atoms. The Morgan fingerprint density at radius 3 is 2.65 bits per heavy atom. The van der Waals surface area contributed by atoms with Crippen LogP contribution in [0.2, 0.25) is 0 Å². The molecule has 0 aliphatic carbocycles. The molecular formula is C12H12N2O3. The Morgan fingerprint density at radius 1 is 1.35 bits per heavy atom. The molecule has 1 unspecified atom stereocenters. The molecule has 0 radical (unpaired) electrons. The van der Waals surface area contributed by atoms with Crippen LogP contribution in [-0.2, 0) is 7.05 Å². The molecule has 17 heavy (non-hydrogen) atoms. The van der Waals surface area contributed by atoms with Crippen molar-refractivity contribution in [2.24, 2.45) is 7.05 Å². The molecule has 88 valence electrons. The second kappa shape index (κ2) is 4.39. The van der Waals surface area contributed by atoms with E-state index in [1.807, 2.05) is 7.05 Å². The van der Waals surface area contributed by atoms with E-state index in [2.05, 4.69) is 0 Å². The molecule has 5 nitrogen and oxygen atoms in total. The molecule has 0 bridgehead atoms. The van der Waals surface area contributed by atoms with Crippen molar-refractivity contribution in [3.05, 3.63) is 64.0 Å². The summed E-state index contributed by atoms with van der Waals surface area (Å²) in [7, 11) is 1.83. The van der Waals surface area contributed by atoms with Gasteiger partial charge in [-0.3, -0.25) is 10.1 Å². The minimum Gasteiger partial charge on any atom is -0.383 e. The predicted molar refractivity (Wildman–Crippen MR) is 62.6 cm³/mol. The zero-order chi connectivity index (χ0) is 12.4. The number of aryl methyl sites for hydroxylation is 1. The number of aliphatic hydroxyl groups is 1. The van der Waals surface area contributed by atoms with Crippen molar-refractivity contribution in [1.29, 1.82) is 0 Å². The lowest BCUT2D eigenvalue weighted by atomic mass is 10.0. The van der Waals surface area contributed by atoms with Crippen LogP contribution in [0.15, 0.2) is 42.7 Å². The Kier molecular flexibility index (Phi) is 2.93. The lowest BCUT2D eigenvalue weighted by Crippen LogP contribution is -2.03. The number of nitro benzene ring substituents is 1. The van der Waals surface area contributed by atoms with Crippen molar-refractivity contribution in [2.75, 3.05) is 0 Å². The van der Waals surface area contributed by atoms with Gasteiger partial charge in [0.2, 0.25) is 0 Å². The Morgan fingerprint density at radius 2 is 2.06 bits per heavy atom. The van der Waals surface area contributed by atoms with Crippen LogP contribution in [0.5, 0.6) is 0 Å². The number of benzene rings is 1. The van der Waals surface area contributed by atoms with Crippen molar-refractivity contribution < 1.29 is 10.0 Å². The molecule has 2 rings (SSSR count). The number of rotatable bonds is 3. The number of aliphatic hydroxyl groups excluding tert-OH is 1. The maximum absolute atomic E-state index is 10.9. The van der Waals surface area contributed by atoms with Crippen molar-refractivity contribution in [3.8, 4) is 0 Å². The summed E-state index contributed by atoms with van der Waals surface area (Å²) in [6.07, 6.45) is 2.55. The third kappa shape index (κ3) is 2.19. The van der Waals surface area contributed by atoms with Crippen LogP contribution in [0.4, 0.5) is 5.69 Å². The summed E-state index contributed by atoms with van der Waals surface area (Å²) >= 11 is 0. The minimum absolute atomic E-state index is 0.0659. The smallest absolute Gasteiger partial charge is 0.275 e. The molecule has 2 aromatic rings. The van der Waals surface area contributed by atoms with E-state index in [4.69, 9.17) is 0 Å². The van der Waals surface area contributed by atoms with E-state index < -0.39 is 11.0 Å². The molecule has 5 heteroatoms. The standard InChI is InChI=1S/C12H12N2O3/c1-13-7-6-9(8-13)12(15)10-4-2-3-5-11(10)14(16)17/h2-8,12,15H,1H3. The number of nitrogens with zero attached hydrogens (tertiary/aromatic N) is 2. The summed E-state index contributed by atoms with van der Waals surface area (Å²) in [4.78, 5) is 10.4. The topological polar surface area (TPSA) is 68.3 Å². The molecule has 0 aliphatic heterocycles. The van der Waals surface area contributed by atoms with E-state index in [9.17, 15) is 15.2 Å². The maximum atomic E-state index is 10.9. The predicted octanol–water partition coefficient (Wildman–Crippen LogP) is 2.01. The maximum Gasteiger partial charge on any atom is 0.275 e. The summed E-state index contributed by atoms with van der Waals surface area (Å²) in [5.74, 6) is 0. The van der Waals surface area contributed by atoms with Gasteiger partial charge in [-0.25, -0.2) is 0 Å². The van der Waals surface area contributed by atoms with Gasteiger partial charge in [-0.1, -0.05) is 12.1 Å². The summed E-state index contributed by atoms with van der Waals surface area (Å²) < 4.78 is 1.79. The summed E-state index contributed by atoms with van der Waals surface area (Å²) in [6, 6.07) is 7.95. The molecule has 1 atom stereocenters. The fraction of sp³-hybridized carbons (Fsp3) is 0.167. The van der Waals surface area contributed by atoms with Gasteiger partial charge in [-0.15, -0.1) is 0 Å². The van der Waals surface area contributed by atoms with Crippen LogP contribution in [0.25, 0.3) is 0 Å². The van der Waals surface area contributed by atoms with Crippen LogP contribution < -0.4 is 0 Å². The Hall–Kier alpha value is -2.14. The van der Waals surface area contributed by atoms with Crippen molar-refractivity contribution in [1.82, 2.24) is 4.57 Å². The van der Waals surface area contributed by atoms with Crippen molar-refractivity contribution in [3.63, 3.8) is 0 Å². The molecular weight excluding hydrogens is 220 g/mol. The van der Waals surface area contributed by atoms with Crippen molar-refractivity contribution in [2.45, 2.75) is 6.10 Å². The zero-order valence-electron chi connectivity index (χ0n) is 9.28. The number of aromatic nitrogens is 1. The number of para-hydroxylation sites is 1. The van der Waals surface area contributed by atoms with Gasteiger partial charge < -0.3 is 9.67 Å². The third-order valence-corrected chi connectivity index (χ3v) is 2.60. The number of nitro groups is 1. The van der Waals surface area contributed by atoms with Gasteiger partial charge in [0.15, 0.2) is 0 Å². The van der Waals surface area contributed by atoms with Crippen LogP contribution in [0.3, 0.4) is 0 Å². The molecule has 0 amide bonds. The van der Waals surface area contributed by atoms with Crippen LogP contribution in [0.1, 0.15) is 17.2 Å². The largest absolute Gasteiger partial charge is 0.383 e. The molecule has 1 N–H and O–H groups in total. The highest BCUT2D eigenvalue weighted by atomic mass is 16.6. The Bertz CT molecular complexity index is 548. The molecule has 1 aromatic heterocycles. The Labute approximate surface area is 98.1 Å². The fourth-order valence-electron chi connectivity index (χ4n) is 1.75. The first kappa shape index (κ1) is 11.3. The summed E-state index contributed by atoms with van der Waals surface area (Å²) in [5.41, 5.74) is 0.884. The first-order valence-corrected chi connectivity index (χ1v) is 5.13. The first-order valence-electron chi connectivity index (χ1n) is 5.13. The SMILES string of the molecule is Cn1ccc(C(O)c2ccccc2[N+](=O)[O-])c1. The monoisotopic (exact) mass is 232 g/mol. The lowest BCUT2D eigenvalue weighted by molar-refractivity contribution is -0.386. The van der Waals surface area contributed by atoms with Gasteiger partial charge in [-0.2, -0.15) is 0 Å². The highest BCUT2D eigenvalue weighted by Gasteiger charge is 2.21. The highest BCUT2D eigenvalue weighted by molar-refractivity contribution is 5.44. The molecule has 0 aliphatic rings. The van der Waals surface area contributed by atoms with Gasteiger partial charge in [0.05, 0.1) is 10.5 Å². The molecule has 1 heterocycles.